The largest absolute Gasteiger partial charge is 0.384 e. The molecule has 0 unspecified atom stereocenters. The maximum Gasteiger partial charge on any atom is 0.139 e. The third-order valence-electron chi connectivity index (χ3n) is 5.33. The molecule has 2 fully saturated rings. The Kier molecular flexibility index (Phi) is 5.72. The first kappa shape index (κ1) is 16.5. The number of morpholine rings is 1. The third-order valence-corrected chi connectivity index (χ3v) is 5.33. The SMILES string of the molecule is O[C@](CC#CC[NH+]1CCOCC1)(c1ccccc1)C1CCCC1. The number of ether oxygens (including phenoxy) is 1. The molecule has 3 nitrogen and oxygen atoms in total. The molecule has 23 heavy (non-hydrogen) atoms. The normalized spacial score (nSPS) is 22.3. The van der Waals surface area contributed by atoms with Crippen LogP contribution < -0.4 is 4.90 Å². The molecule has 2 aliphatic rings. The van der Waals surface area contributed by atoms with Gasteiger partial charge < -0.3 is 14.7 Å². The molecule has 124 valence electrons. The summed E-state index contributed by atoms with van der Waals surface area (Å²) in [5.74, 6) is 6.93. The van der Waals surface area contributed by atoms with E-state index in [1.54, 1.807) is 0 Å². The van der Waals surface area contributed by atoms with E-state index in [2.05, 4.69) is 11.8 Å². The van der Waals surface area contributed by atoms with Crippen molar-refractivity contribution in [2.75, 3.05) is 32.8 Å². The average Bonchev–Trinajstić information content (AvgIpc) is 3.15. The lowest BCUT2D eigenvalue weighted by Crippen LogP contribution is -3.14. The van der Waals surface area contributed by atoms with Crippen LogP contribution >= 0.6 is 0 Å². The van der Waals surface area contributed by atoms with Crippen molar-refractivity contribution in [1.29, 1.82) is 0 Å². The molecule has 1 aromatic rings. The Hall–Kier alpha value is -1.34. The Balaban J connectivity index is 1.67. The minimum absolute atomic E-state index is 0.343. The molecule has 3 rings (SSSR count). The maximum atomic E-state index is 11.4. The fourth-order valence-corrected chi connectivity index (χ4v) is 3.83. The van der Waals surface area contributed by atoms with E-state index in [9.17, 15) is 5.11 Å². The number of benzene rings is 1. The minimum Gasteiger partial charge on any atom is -0.384 e. The number of aliphatic hydroxyl groups is 1. The number of hydrogen-bond donors (Lipinski definition) is 2. The van der Waals surface area contributed by atoms with Crippen LogP contribution in [0.25, 0.3) is 0 Å². The number of rotatable bonds is 4. The standard InChI is InChI=1S/C20H27NO2/c22-20(19-10-4-5-11-19,18-8-2-1-3-9-18)12-6-7-13-21-14-16-23-17-15-21/h1-3,8-9,19,22H,4-5,10-17H2/p+1/t20-/m1/s1. The van der Waals surface area contributed by atoms with Gasteiger partial charge in [0.1, 0.15) is 25.2 Å². The summed E-state index contributed by atoms with van der Waals surface area (Å²) in [7, 11) is 0. The second-order valence-corrected chi connectivity index (χ2v) is 6.84. The van der Waals surface area contributed by atoms with Crippen LogP contribution in [-0.2, 0) is 10.3 Å². The van der Waals surface area contributed by atoms with Crippen molar-refractivity contribution >= 4 is 0 Å². The van der Waals surface area contributed by atoms with Crippen LogP contribution in [-0.4, -0.2) is 38.0 Å². The molecule has 0 radical (unpaired) electrons. The highest BCUT2D eigenvalue weighted by Gasteiger charge is 2.39. The van der Waals surface area contributed by atoms with E-state index >= 15 is 0 Å². The van der Waals surface area contributed by atoms with Crippen LogP contribution in [0.5, 0.6) is 0 Å². The fourth-order valence-electron chi connectivity index (χ4n) is 3.83. The summed E-state index contributed by atoms with van der Waals surface area (Å²) in [6.07, 6.45) is 5.23. The molecular formula is C20H28NO2+. The Morgan fingerprint density at radius 1 is 1.09 bits per heavy atom. The van der Waals surface area contributed by atoms with Gasteiger partial charge in [0.05, 0.1) is 13.2 Å². The summed E-state index contributed by atoms with van der Waals surface area (Å²) in [6, 6.07) is 10.1. The van der Waals surface area contributed by atoms with Gasteiger partial charge in [0, 0.05) is 6.42 Å². The molecule has 1 saturated carbocycles. The molecule has 1 atom stereocenters. The maximum absolute atomic E-state index is 11.4. The summed E-state index contributed by atoms with van der Waals surface area (Å²) >= 11 is 0. The van der Waals surface area contributed by atoms with Crippen LogP contribution in [0.4, 0.5) is 0 Å². The van der Waals surface area contributed by atoms with Gasteiger partial charge in [-0.15, -0.1) is 0 Å². The number of nitrogens with one attached hydrogen (secondary N) is 1. The van der Waals surface area contributed by atoms with Gasteiger partial charge in [-0.3, -0.25) is 0 Å². The average molecular weight is 314 g/mol. The second kappa shape index (κ2) is 7.97. The first-order valence-electron chi connectivity index (χ1n) is 8.94. The molecule has 1 heterocycles. The van der Waals surface area contributed by atoms with Gasteiger partial charge in [0.15, 0.2) is 0 Å². The molecule has 0 bridgehead atoms. The highest BCUT2D eigenvalue weighted by atomic mass is 16.5. The number of quaternary nitrogens is 1. The van der Waals surface area contributed by atoms with Gasteiger partial charge in [-0.25, -0.2) is 0 Å². The van der Waals surface area contributed by atoms with Gasteiger partial charge in [-0.2, -0.15) is 0 Å². The van der Waals surface area contributed by atoms with Gasteiger partial charge in [0.25, 0.3) is 0 Å². The summed E-state index contributed by atoms with van der Waals surface area (Å²) in [4.78, 5) is 1.49. The molecule has 0 aromatic heterocycles. The molecular weight excluding hydrogens is 286 g/mol. The van der Waals surface area contributed by atoms with Gasteiger partial charge >= 0.3 is 0 Å². The molecule has 3 heteroatoms. The Morgan fingerprint density at radius 2 is 1.78 bits per heavy atom. The Bertz CT molecular complexity index is 536. The molecule has 1 aliphatic carbocycles. The van der Waals surface area contributed by atoms with Crippen molar-refractivity contribution in [1.82, 2.24) is 0 Å². The second-order valence-electron chi connectivity index (χ2n) is 6.84. The first-order valence-corrected chi connectivity index (χ1v) is 8.94. The monoisotopic (exact) mass is 314 g/mol. The smallest absolute Gasteiger partial charge is 0.139 e. The van der Waals surface area contributed by atoms with Gasteiger partial charge in [-0.1, -0.05) is 49.1 Å². The van der Waals surface area contributed by atoms with Crippen molar-refractivity contribution in [2.45, 2.75) is 37.7 Å². The number of hydrogen-bond acceptors (Lipinski definition) is 2. The lowest BCUT2D eigenvalue weighted by molar-refractivity contribution is -0.900. The van der Waals surface area contributed by atoms with E-state index in [1.165, 1.54) is 17.7 Å². The van der Waals surface area contributed by atoms with Crippen LogP contribution in [0, 0.1) is 17.8 Å². The zero-order chi connectivity index (χ0) is 16.0. The van der Waals surface area contributed by atoms with E-state index < -0.39 is 5.60 Å². The Morgan fingerprint density at radius 3 is 2.48 bits per heavy atom. The summed E-state index contributed by atoms with van der Waals surface area (Å²) < 4.78 is 5.38. The third kappa shape index (κ3) is 4.14. The summed E-state index contributed by atoms with van der Waals surface area (Å²) in [5, 5.41) is 11.4. The van der Waals surface area contributed by atoms with Crippen molar-refractivity contribution in [3.05, 3.63) is 35.9 Å². The van der Waals surface area contributed by atoms with Crippen molar-refractivity contribution in [3.8, 4) is 11.8 Å². The van der Waals surface area contributed by atoms with Crippen LogP contribution in [0.1, 0.15) is 37.7 Å². The molecule has 0 spiro atoms. The minimum atomic E-state index is -0.787. The zero-order valence-electron chi connectivity index (χ0n) is 13.9. The first-order chi connectivity index (χ1) is 11.3. The fraction of sp³-hybridized carbons (Fsp3) is 0.600. The van der Waals surface area contributed by atoms with Gasteiger partial charge in [0.2, 0.25) is 0 Å². The predicted molar refractivity (Wildman–Crippen MR) is 91.1 cm³/mol. The van der Waals surface area contributed by atoms with Crippen LogP contribution in [0.2, 0.25) is 0 Å². The summed E-state index contributed by atoms with van der Waals surface area (Å²) in [5.41, 5.74) is 0.241. The van der Waals surface area contributed by atoms with Crippen molar-refractivity contribution in [3.63, 3.8) is 0 Å². The topological polar surface area (TPSA) is 33.9 Å². The van der Waals surface area contributed by atoms with E-state index in [4.69, 9.17) is 4.74 Å². The highest BCUT2D eigenvalue weighted by molar-refractivity contribution is 5.26. The highest BCUT2D eigenvalue weighted by Crippen LogP contribution is 2.42. The van der Waals surface area contributed by atoms with E-state index in [0.29, 0.717) is 12.3 Å². The van der Waals surface area contributed by atoms with E-state index in [-0.39, 0.29) is 0 Å². The lowest BCUT2D eigenvalue weighted by atomic mass is 9.78. The van der Waals surface area contributed by atoms with Gasteiger partial charge in [-0.05, 0) is 30.2 Å². The van der Waals surface area contributed by atoms with E-state index in [1.807, 2.05) is 30.3 Å². The van der Waals surface area contributed by atoms with Crippen LogP contribution in [0.15, 0.2) is 30.3 Å². The van der Waals surface area contributed by atoms with E-state index in [0.717, 1.165) is 51.3 Å². The molecule has 0 amide bonds. The quantitative estimate of drug-likeness (QED) is 0.823. The zero-order valence-corrected chi connectivity index (χ0v) is 13.9. The van der Waals surface area contributed by atoms with Crippen LogP contribution in [0.3, 0.4) is 0 Å². The molecule has 1 aromatic carbocycles. The molecule has 1 aliphatic heterocycles. The predicted octanol–water partition coefficient (Wildman–Crippen LogP) is 1.37. The Labute approximate surface area is 139 Å². The van der Waals surface area contributed by atoms with Crippen molar-refractivity contribution in [2.24, 2.45) is 5.92 Å². The molecule has 1 saturated heterocycles. The molecule has 2 N–H and O–H groups in total. The summed E-state index contributed by atoms with van der Waals surface area (Å²) in [6.45, 7) is 4.62. The van der Waals surface area contributed by atoms with Crippen molar-refractivity contribution < 1.29 is 14.7 Å². The lowest BCUT2D eigenvalue weighted by Gasteiger charge is -2.33.